The van der Waals surface area contributed by atoms with E-state index in [0.717, 1.165) is 18.4 Å². The number of carbonyl (C=O) groups is 2. The van der Waals surface area contributed by atoms with E-state index in [1.165, 1.54) is 23.1 Å². The van der Waals surface area contributed by atoms with Crippen molar-refractivity contribution in [2.75, 3.05) is 11.4 Å². The molecule has 1 spiro atoms. The molecule has 3 aromatic carbocycles. The van der Waals surface area contributed by atoms with Crippen molar-refractivity contribution in [3.05, 3.63) is 104 Å². The maximum atomic E-state index is 14.6. The fourth-order valence-corrected chi connectivity index (χ4v) is 7.86. The summed E-state index contributed by atoms with van der Waals surface area (Å²) in [6, 6.07) is 18.8. The molecule has 198 valence electrons. The maximum absolute atomic E-state index is 14.6. The highest BCUT2D eigenvalue weighted by Crippen LogP contribution is 2.62. The number of para-hydroxylation sites is 2. The molecule has 40 heavy (non-hydrogen) atoms. The van der Waals surface area contributed by atoms with Crippen molar-refractivity contribution in [1.29, 1.82) is 0 Å². The predicted molar refractivity (Wildman–Crippen MR) is 145 cm³/mol. The number of amides is 2. The summed E-state index contributed by atoms with van der Waals surface area (Å²) in [5, 5.41) is 11.8. The van der Waals surface area contributed by atoms with Gasteiger partial charge in [-0.1, -0.05) is 30.3 Å². The maximum Gasteiger partial charge on any atom is 0.269 e. The van der Waals surface area contributed by atoms with Crippen LogP contribution in [0.2, 0.25) is 0 Å². The molecule has 3 saturated heterocycles. The summed E-state index contributed by atoms with van der Waals surface area (Å²) in [6.45, 7) is 2.34. The lowest BCUT2D eigenvalue weighted by Crippen LogP contribution is -2.51. The van der Waals surface area contributed by atoms with Gasteiger partial charge in [0.1, 0.15) is 11.4 Å². The predicted octanol–water partition coefficient (Wildman–Crippen LogP) is 3.44. The molecule has 0 saturated carbocycles. The average Bonchev–Trinajstić information content (AvgIpc) is 3.66. The van der Waals surface area contributed by atoms with Crippen LogP contribution in [0.3, 0.4) is 0 Å². The summed E-state index contributed by atoms with van der Waals surface area (Å²) in [5.74, 6) is -1.64. The van der Waals surface area contributed by atoms with Crippen molar-refractivity contribution in [2.45, 2.75) is 31.3 Å². The molecule has 5 heterocycles. The monoisotopic (exact) mass is 533 g/mol. The molecule has 4 aromatic rings. The third-order valence-electron chi connectivity index (χ3n) is 9.27. The van der Waals surface area contributed by atoms with Gasteiger partial charge in [0.15, 0.2) is 0 Å². The molecule has 0 aliphatic carbocycles. The normalized spacial score (nSPS) is 26.4. The topological polar surface area (TPSA) is 119 Å². The molecule has 3 fully saturated rings. The summed E-state index contributed by atoms with van der Waals surface area (Å²) >= 11 is 0. The number of aromatic nitrogens is 2. The number of carbonyl (C=O) groups excluding carboxylic acids is 2. The number of nitrogens with zero attached hydrogens (tertiary/aromatic N) is 5. The smallest absolute Gasteiger partial charge is 0.269 e. The highest BCUT2D eigenvalue weighted by atomic mass is 16.6. The quantitative estimate of drug-likeness (QED) is 0.220. The molecular formula is C30H23N5O5. The zero-order valence-electron chi connectivity index (χ0n) is 21.5. The van der Waals surface area contributed by atoms with Crippen molar-refractivity contribution >= 4 is 34.1 Å². The molecule has 1 aromatic heterocycles. The minimum Gasteiger partial charge on any atom is -0.283 e. The van der Waals surface area contributed by atoms with Gasteiger partial charge in [-0.15, -0.1) is 0 Å². The number of imide groups is 1. The van der Waals surface area contributed by atoms with E-state index in [9.17, 15) is 24.5 Å². The summed E-state index contributed by atoms with van der Waals surface area (Å²) in [6.07, 6.45) is 1.60. The van der Waals surface area contributed by atoms with Crippen LogP contribution in [0.15, 0.2) is 71.5 Å². The standard InChI is InChI=1S/C30H23N5O5/c1-16-15-17(35(39)40)12-13-21(16)33-27(37)24-23-11-6-14-32(23)30(25(24)28(33)38)19-8-3-5-10-22(19)34-26(36)18-7-2-4-9-20(18)31-29(30)34/h2-5,7-10,12-13,15,23-25H,6,11,14H2,1H3/t23-,24-,25+,30+/m0/s1. The van der Waals surface area contributed by atoms with Crippen molar-refractivity contribution in [2.24, 2.45) is 11.8 Å². The van der Waals surface area contributed by atoms with Crippen LogP contribution in [-0.4, -0.2) is 43.8 Å². The summed E-state index contributed by atoms with van der Waals surface area (Å²) < 4.78 is 1.63. The molecule has 10 heteroatoms. The number of rotatable bonds is 2. The van der Waals surface area contributed by atoms with Crippen molar-refractivity contribution < 1.29 is 14.5 Å². The fourth-order valence-electron chi connectivity index (χ4n) is 7.86. The average molecular weight is 534 g/mol. The Labute approximate surface area is 227 Å². The van der Waals surface area contributed by atoms with Crippen LogP contribution in [0.25, 0.3) is 16.6 Å². The minimum absolute atomic E-state index is 0.104. The van der Waals surface area contributed by atoms with Gasteiger partial charge in [0.05, 0.1) is 39.0 Å². The highest BCUT2D eigenvalue weighted by molar-refractivity contribution is 6.23. The first kappa shape index (κ1) is 23.2. The van der Waals surface area contributed by atoms with Gasteiger partial charge in [0.25, 0.3) is 11.2 Å². The Morgan fingerprint density at radius 3 is 2.55 bits per heavy atom. The largest absolute Gasteiger partial charge is 0.283 e. The summed E-state index contributed by atoms with van der Waals surface area (Å²) in [5.41, 5.74) is 1.45. The van der Waals surface area contributed by atoms with E-state index in [4.69, 9.17) is 4.98 Å². The number of aryl methyl sites for hydroxylation is 1. The van der Waals surface area contributed by atoms with Crippen molar-refractivity contribution in [3.8, 4) is 5.69 Å². The minimum atomic E-state index is -1.10. The second-order valence-electron chi connectivity index (χ2n) is 11.0. The first-order valence-electron chi connectivity index (χ1n) is 13.4. The summed E-state index contributed by atoms with van der Waals surface area (Å²) in [7, 11) is 0. The van der Waals surface area contributed by atoms with Gasteiger partial charge in [0, 0.05) is 23.7 Å². The first-order valence-corrected chi connectivity index (χ1v) is 13.4. The van der Waals surface area contributed by atoms with Crippen LogP contribution in [0, 0.1) is 28.9 Å². The van der Waals surface area contributed by atoms with E-state index >= 15 is 0 Å². The third-order valence-corrected chi connectivity index (χ3v) is 9.27. The van der Waals surface area contributed by atoms with Crippen LogP contribution in [0.5, 0.6) is 0 Å². The lowest BCUT2D eigenvalue weighted by atomic mass is 9.75. The SMILES string of the molecule is Cc1cc([N+](=O)[O-])ccc1N1C(=O)[C@H]2[C@@H]3CCCN3[C@]3(c4ccccc4-n4c3nc3ccccc3c4=O)[C@H]2C1=O. The van der Waals surface area contributed by atoms with Crippen molar-refractivity contribution in [1.82, 2.24) is 14.5 Å². The van der Waals surface area contributed by atoms with Crippen molar-refractivity contribution in [3.63, 3.8) is 0 Å². The van der Waals surface area contributed by atoms with Crippen LogP contribution >= 0.6 is 0 Å². The molecular weight excluding hydrogens is 510 g/mol. The second-order valence-corrected chi connectivity index (χ2v) is 11.0. The van der Waals surface area contributed by atoms with Crippen LogP contribution in [-0.2, 0) is 15.1 Å². The molecule has 0 N–H and O–H groups in total. The number of benzene rings is 3. The Bertz CT molecular complexity index is 1900. The summed E-state index contributed by atoms with van der Waals surface area (Å²) in [4.78, 5) is 62.1. The van der Waals surface area contributed by atoms with E-state index in [1.54, 1.807) is 29.7 Å². The number of hydrogen-bond donors (Lipinski definition) is 0. The fraction of sp³-hybridized carbons (Fsp3) is 0.267. The highest BCUT2D eigenvalue weighted by Gasteiger charge is 2.73. The molecule has 0 radical (unpaired) electrons. The van der Waals surface area contributed by atoms with Gasteiger partial charge >= 0.3 is 0 Å². The number of fused-ring (bicyclic) bond motifs is 11. The van der Waals surface area contributed by atoms with Crippen LogP contribution in [0.1, 0.15) is 29.8 Å². The third kappa shape index (κ3) is 2.57. The van der Waals surface area contributed by atoms with E-state index in [0.29, 0.717) is 40.2 Å². The number of anilines is 1. The molecule has 4 atom stereocenters. The van der Waals surface area contributed by atoms with Gasteiger partial charge in [0.2, 0.25) is 11.8 Å². The Morgan fingerprint density at radius 2 is 1.75 bits per heavy atom. The Hall–Kier alpha value is -4.70. The molecule has 8 rings (SSSR count). The molecule has 2 amide bonds. The van der Waals surface area contributed by atoms with Gasteiger partial charge in [-0.25, -0.2) is 9.88 Å². The van der Waals surface area contributed by atoms with Gasteiger partial charge in [-0.3, -0.25) is 34.0 Å². The lowest BCUT2D eigenvalue weighted by molar-refractivity contribution is -0.384. The van der Waals surface area contributed by atoms with E-state index < -0.39 is 22.3 Å². The molecule has 4 aliphatic heterocycles. The lowest BCUT2D eigenvalue weighted by Gasteiger charge is -2.38. The Morgan fingerprint density at radius 1 is 0.975 bits per heavy atom. The molecule has 10 nitrogen and oxygen atoms in total. The van der Waals surface area contributed by atoms with Crippen LogP contribution < -0.4 is 10.5 Å². The van der Waals surface area contributed by atoms with Gasteiger partial charge in [-0.2, -0.15) is 0 Å². The van der Waals surface area contributed by atoms with Gasteiger partial charge < -0.3 is 0 Å². The number of hydrogen-bond acceptors (Lipinski definition) is 7. The van der Waals surface area contributed by atoms with E-state index in [-0.39, 0.29) is 29.1 Å². The van der Waals surface area contributed by atoms with Crippen LogP contribution in [0.4, 0.5) is 11.4 Å². The zero-order chi connectivity index (χ0) is 27.5. The number of nitro benzene ring substituents is 1. The van der Waals surface area contributed by atoms with E-state index in [2.05, 4.69) is 4.90 Å². The van der Waals surface area contributed by atoms with Gasteiger partial charge in [-0.05, 0) is 56.1 Å². The molecule has 0 unspecified atom stereocenters. The number of nitro groups is 1. The zero-order valence-corrected chi connectivity index (χ0v) is 21.5. The Balaban J connectivity index is 1.41. The molecule has 0 bridgehead atoms. The number of non-ortho nitro benzene ring substituents is 1. The molecule has 4 aliphatic rings. The Kier molecular flexibility index (Phi) is 4.47. The second kappa shape index (κ2) is 7.70. The van der Waals surface area contributed by atoms with E-state index in [1.807, 2.05) is 30.3 Å². The first-order chi connectivity index (χ1) is 19.4.